The molecule has 3 nitrogen and oxygen atoms in total. The third kappa shape index (κ3) is 2.84. The van der Waals surface area contributed by atoms with E-state index in [0.29, 0.717) is 18.2 Å². The molecule has 3 rings (SSSR count). The molecule has 2 aliphatic carbocycles. The van der Waals surface area contributed by atoms with Crippen molar-refractivity contribution in [2.24, 2.45) is 11.3 Å². The summed E-state index contributed by atoms with van der Waals surface area (Å²) in [4.78, 5) is 10.9. The van der Waals surface area contributed by atoms with Crippen LogP contribution in [0.15, 0.2) is 18.2 Å². The fourth-order valence-corrected chi connectivity index (χ4v) is 2.94. The number of nitrogens with one attached hydrogen (secondary N) is 1. The van der Waals surface area contributed by atoms with Crippen molar-refractivity contribution in [3.8, 4) is 0 Å². The molecule has 1 aromatic carbocycles. The Morgan fingerprint density at radius 1 is 1.33 bits per heavy atom. The lowest BCUT2D eigenvalue weighted by Crippen LogP contribution is -2.18. The van der Waals surface area contributed by atoms with Gasteiger partial charge in [-0.25, -0.2) is 4.79 Å². The van der Waals surface area contributed by atoms with Crippen molar-refractivity contribution in [1.29, 1.82) is 0 Å². The minimum absolute atomic E-state index is 0.268. The largest absolute Gasteiger partial charge is 0.478 e. The third-order valence-corrected chi connectivity index (χ3v) is 4.54. The van der Waals surface area contributed by atoms with Crippen LogP contribution >= 0.6 is 0 Å². The Labute approximate surface area is 120 Å². The van der Waals surface area contributed by atoms with Crippen LogP contribution in [0.5, 0.6) is 0 Å². The summed E-state index contributed by atoms with van der Waals surface area (Å²) in [6.07, 6.45) is 0.0219. The van der Waals surface area contributed by atoms with Crippen LogP contribution in [-0.4, -0.2) is 17.6 Å². The number of rotatable bonds is 5. The molecule has 0 unspecified atom stereocenters. The van der Waals surface area contributed by atoms with Gasteiger partial charge in [-0.2, -0.15) is 13.2 Å². The number of halogens is 3. The highest BCUT2D eigenvalue weighted by molar-refractivity contribution is 5.90. The van der Waals surface area contributed by atoms with E-state index in [9.17, 15) is 18.0 Å². The van der Waals surface area contributed by atoms with Crippen molar-refractivity contribution in [3.05, 3.63) is 29.3 Å². The van der Waals surface area contributed by atoms with Gasteiger partial charge in [0.05, 0.1) is 11.1 Å². The van der Waals surface area contributed by atoms with Crippen LogP contribution in [0.2, 0.25) is 0 Å². The summed E-state index contributed by atoms with van der Waals surface area (Å²) >= 11 is 0. The Bertz CT molecular complexity index is 575. The van der Waals surface area contributed by atoms with E-state index in [1.165, 1.54) is 18.9 Å². The lowest BCUT2D eigenvalue weighted by atomic mass is 10.00. The van der Waals surface area contributed by atoms with Crippen molar-refractivity contribution in [3.63, 3.8) is 0 Å². The van der Waals surface area contributed by atoms with Gasteiger partial charge in [0.25, 0.3) is 0 Å². The summed E-state index contributed by atoms with van der Waals surface area (Å²) in [5.74, 6) is -0.851. The van der Waals surface area contributed by atoms with Crippen LogP contribution in [0.1, 0.15) is 41.6 Å². The van der Waals surface area contributed by atoms with Gasteiger partial charge in [-0.3, -0.25) is 0 Å². The molecule has 0 aliphatic heterocycles. The standard InChI is InChI=1S/C15H16F3NO2/c16-15(17,18)12-7-10(3-4-11(12)13(20)21)19-8-14(5-6-14)9-1-2-9/h3-4,7,9,19H,1-2,5-6,8H2,(H,20,21). The van der Waals surface area contributed by atoms with Gasteiger partial charge in [0.15, 0.2) is 0 Å². The van der Waals surface area contributed by atoms with E-state index >= 15 is 0 Å². The summed E-state index contributed by atoms with van der Waals surface area (Å²) in [7, 11) is 0. The highest BCUT2D eigenvalue weighted by Crippen LogP contribution is 2.61. The molecule has 1 aromatic rings. The third-order valence-electron chi connectivity index (χ3n) is 4.54. The van der Waals surface area contributed by atoms with Crippen LogP contribution in [0.4, 0.5) is 18.9 Å². The quantitative estimate of drug-likeness (QED) is 0.863. The Balaban J connectivity index is 1.78. The Kier molecular flexibility index (Phi) is 3.15. The van der Waals surface area contributed by atoms with Crippen molar-refractivity contribution < 1.29 is 23.1 Å². The number of aromatic carboxylic acids is 1. The van der Waals surface area contributed by atoms with Gasteiger partial charge in [0.2, 0.25) is 0 Å². The zero-order valence-electron chi connectivity index (χ0n) is 11.3. The number of anilines is 1. The molecule has 114 valence electrons. The molecule has 0 spiro atoms. The second-order valence-corrected chi connectivity index (χ2v) is 6.05. The fourth-order valence-electron chi connectivity index (χ4n) is 2.94. The zero-order valence-corrected chi connectivity index (χ0v) is 11.3. The summed E-state index contributed by atoms with van der Waals surface area (Å²) in [5, 5.41) is 11.9. The molecule has 2 N–H and O–H groups in total. The molecule has 0 aromatic heterocycles. The molecule has 0 saturated heterocycles. The molecular weight excluding hydrogens is 283 g/mol. The van der Waals surface area contributed by atoms with E-state index in [1.807, 2.05) is 0 Å². The average molecular weight is 299 g/mol. The van der Waals surface area contributed by atoms with Crippen LogP contribution in [-0.2, 0) is 6.18 Å². The number of carboxylic acids is 1. The predicted octanol–water partition coefficient (Wildman–Crippen LogP) is 4.01. The SMILES string of the molecule is O=C(O)c1ccc(NCC2(C3CC3)CC2)cc1C(F)(F)F. The summed E-state index contributed by atoms with van der Waals surface area (Å²) in [5.41, 5.74) is -1.21. The zero-order chi connectivity index (χ0) is 15.3. The van der Waals surface area contributed by atoms with E-state index in [-0.39, 0.29) is 5.41 Å². The molecular formula is C15H16F3NO2. The molecule has 2 fully saturated rings. The second kappa shape index (κ2) is 4.64. The molecule has 0 heterocycles. The maximum Gasteiger partial charge on any atom is 0.417 e. The van der Waals surface area contributed by atoms with Gasteiger partial charge < -0.3 is 10.4 Å². The van der Waals surface area contributed by atoms with E-state index in [0.717, 1.165) is 25.0 Å². The van der Waals surface area contributed by atoms with Gasteiger partial charge in [0.1, 0.15) is 0 Å². The minimum Gasteiger partial charge on any atom is -0.478 e. The monoisotopic (exact) mass is 299 g/mol. The van der Waals surface area contributed by atoms with E-state index < -0.39 is 23.3 Å². The van der Waals surface area contributed by atoms with Crippen molar-refractivity contribution in [2.75, 3.05) is 11.9 Å². The van der Waals surface area contributed by atoms with Gasteiger partial charge >= 0.3 is 12.1 Å². The average Bonchev–Trinajstić information content (AvgIpc) is 3.25. The summed E-state index contributed by atoms with van der Waals surface area (Å²) < 4.78 is 38.8. The number of alkyl halides is 3. The Morgan fingerprint density at radius 3 is 2.48 bits per heavy atom. The van der Waals surface area contributed by atoms with Gasteiger partial charge in [-0.05, 0) is 55.2 Å². The molecule has 0 radical (unpaired) electrons. The number of hydrogen-bond donors (Lipinski definition) is 2. The van der Waals surface area contributed by atoms with Crippen molar-refractivity contribution in [1.82, 2.24) is 0 Å². The van der Waals surface area contributed by atoms with E-state index in [4.69, 9.17) is 5.11 Å². The normalized spacial score (nSPS) is 20.1. The number of carbonyl (C=O) groups is 1. The molecule has 2 aliphatic rings. The maximum absolute atomic E-state index is 12.9. The molecule has 0 bridgehead atoms. The number of benzene rings is 1. The van der Waals surface area contributed by atoms with Crippen LogP contribution in [0, 0.1) is 11.3 Å². The van der Waals surface area contributed by atoms with Crippen LogP contribution in [0.25, 0.3) is 0 Å². The smallest absolute Gasteiger partial charge is 0.417 e. The highest BCUT2D eigenvalue weighted by Gasteiger charge is 2.53. The lowest BCUT2D eigenvalue weighted by molar-refractivity contribution is -0.138. The maximum atomic E-state index is 12.9. The van der Waals surface area contributed by atoms with Gasteiger partial charge in [-0.15, -0.1) is 0 Å². The van der Waals surface area contributed by atoms with Crippen molar-refractivity contribution in [2.45, 2.75) is 31.9 Å². The Morgan fingerprint density at radius 2 is 2.00 bits per heavy atom. The topological polar surface area (TPSA) is 49.3 Å². The molecule has 2 saturated carbocycles. The first-order valence-electron chi connectivity index (χ1n) is 7.00. The molecule has 0 amide bonds. The molecule has 0 atom stereocenters. The van der Waals surface area contributed by atoms with Crippen LogP contribution in [0.3, 0.4) is 0 Å². The Hall–Kier alpha value is -1.72. The fraction of sp³-hybridized carbons (Fsp3) is 0.533. The summed E-state index contributed by atoms with van der Waals surface area (Å²) in [6.45, 7) is 0.668. The van der Waals surface area contributed by atoms with E-state index in [1.54, 1.807) is 0 Å². The van der Waals surface area contributed by atoms with Gasteiger partial charge in [-0.1, -0.05) is 0 Å². The first-order valence-corrected chi connectivity index (χ1v) is 7.00. The summed E-state index contributed by atoms with van der Waals surface area (Å²) in [6, 6.07) is 3.32. The number of hydrogen-bond acceptors (Lipinski definition) is 2. The predicted molar refractivity (Wildman–Crippen MR) is 71.3 cm³/mol. The first-order chi connectivity index (χ1) is 9.82. The minimum atomic E-state index is -4.67. The van der Waals surface area contributed by atoms with Crippen LogP contribution < -0.4 is 5.32 Å². The van der Waals surface area contributed by atoms with Gasteiger partial charge in [0, 0.05) is 12.2 Å². The lowest BCUT2D eigenvalue weighted by Gasteiger charge is -2.18. The molecule has 6 heteroatoms. The highest BCUT2D eigenvalue weighted by atomic mass is 19.4. The number of carboxylic acid groups (broad SMARTS) is 1. The second-order valence-electron chi connectivity index (χ2n) is 6.05. The first kappa shape index (κ1) is 14.2. The molecule has 21 heavy (non-hydrogen) atoms. The van der Waals surface area contributed by atoms with Crippen molar-refractivity contribution >= 4 is 11.7 Å². The van der Waals surface area contributed by atoms with E-state index in [2.05, 4.69) is 5.32 Å².